The van der Waals surface area contributed by atoms with Crippen molar-refractivity contribution in [1.29, 1.82) is 0 Å². The molecule has 0 unspecified atom stereocenters. The summed E-state index contributed by atoms with van der Waals surface area (Å²) < 4.78 is 10.8. The number of carbonyl (C=O) groups excluding carboxylic acids is 1. The number of benzene rings is 3. The van der Waals surface area contributed by atoms with Crippen molar-refractivity contribution in [3.05, 3.63) is 95.6 Å². The molecule has 2 heterocycles. The Bertz CT molecular complexity index is 1380. The van der Waals surface area contributed by atoms with E-state index in [0.717, 1.165) is 11.1 Å². The topological polar surface area (TPSA) is 94.1 Å². The minimum absolute atomic E-state index is 0.158. The van der Waals surface area contributed by atoms with Crippen LogP contribution in [0.15, 0.2) is 94.0 Å². The number of carbonyl (C=O) groups is 1. The van der Waals surface area contributed by atoms with E-state index in [-0.39, 0.29) is 11.6 Å². The molecule has 0 radical (unpaired) electrons. The van der Waals surface area contributed by atoms with E-state index < -0.39 is 5.91 Å². The number of amides is 1. The molecule has 0 bridgehead atoms. The van der Waals surface area contributed by atoms with Gasteiger partial charge in [-0.3, -0.25) is 4.79 Å². The lowest BCUT2D eigenvalue weighted by atomic mass is 10.1. The zero-order chi connectivity index (χ0) is 21.9. The second-order valence-corrected chi connectivity index (χ2v) is 7.31. The molecule has 2 aromatic heterocycles. The number of hydrogen-bond donors (Lipinski definition) is 1. The lowest BCUT2D eigenvalue weighted by Gasteiger charge is -2.06. The minimum Gasteiger partial charge on any atom is -0.355 e. The zero-order valence-corrected chi connectivity index (χ0v) is 17.3. The van der Waals surface area contributed by atoms with Crippen molar-refractivity contribution in [2.24, 2.45) is 0 Å². The van der Waals surface area contributed by atoms with Gasteiger partial charge < -0.3 is 14.4 Å². The van der Waals surface area contributed by atoms with Crippen LogP contribution < -0.4 is 5.32 Å². The molecule has 32 heavy (non-hydrogen) atoms. The minimum atomic E-state index is -0.416. The number of para-hydroxylation sites is 1. The summed E-state index contributed by atoms with van der Waals surface area (Å²) in [7, 11) is 0. The first kappa shape index (κ1) is 19.7. The second-order valence-electron chi connectivity index (χ2n) is 6.87. The zero-order valence-electron chi connectivity index (χ0n) is 16.5. The second kappa shape index (κ2) is 8.49. The van der Waals surface area contributed by atoms with E-state index in [1.807, 2.05) is 36.4 Å². The fraction of sp³-hybridized carbons (Fsp3) is 0. The number of hydrogen-bond acceptors (Lipinski definition) is 6. The number of halogens is 1. The van der Waals surface area contributed by atoms with Crippen LogP contribution >= 0.6 is 11.6 Å². The van der Waals surface area contributed by atoms with Crippen LogP contribution in [0.5, 0.6) is 0 Å². The van der Waals surface area contributed by atoms with Crippen molar-refractivity contribution in [2.75, 3.05) is 5.32 Å². The van der Waals surface area contributed by atoms with E-state index in [4.69, 9.17) is 20.6 Å². The van der Waals surface area contributed by atoms with Crippen LogP contribution in [0.3, 0.4) is 0 Å². The van der Waals surface area contributed by atoms with E-state index >= 15 is 0 Å². The van der Waals surface area contributed by atoms with Gasteiger partial charge in [0.15, 0.2) is 11.5 Å². The Labute approximate surface area is 187 Å². The van der Waals surface area contributed by atoms with E-state index in [1.54, 1.807) is 48.5 Å². The summed E-state index contributed by atoms with van der Waals surface area (Å²) in [5, 5.41) is 11.4. The van der Waals surface area contributed by atoms with Gasteiger partial charge in [-0.1, -0.05) is 64.4 Å². The number of nitrogens with zero attached hydrogens (tertiary/aromatic N) is 3. The van der Waals surface area contributed by atoms with E-state index in [2.05, 4.69) is 20.6 Å². The Morgan fingerprint density at radius 2 is 1.56 bits per heavy atom. The summed E-state index contributed by atoms with van der Waals surface area (Å²) in [5.41, 5.74) is 2.85. The van der Waals surface area contributed by atoms with Crippen LogP contribution in [0, 0.1) is 0 Å². The van der Waals surface area contributed by atoms with Gasteiger partial charge in [0.05, 0.1) is 11.3 Å². The van der Waals surface area contributed by atoms with Crippen LogP contribution in [0.2, 0.25) is 5.02 Å². The summed E-state index contributed by atoms with van der Waals surface area (Å²) >= 11 is 5.94. The molecule has 0 aliphatic rings. The van der Waals surface area contributed by atoms with Gasteiger partial charge in [0.2, 0.25) is 5.82 Å². The molecule has 0 atom stereocenters. The van der Waals surface area contributed by atoms with Crippen molar-refractivity contribution >= 4 is 23.2 Å². The molecular weight excluding hydrogens is 428 g/mol. The third kappa shape index (κ3) is 4.01. The maximum absolute atomic E-state index is 12.8. The number of nitrogens with one attached hydrogen (secondary N) is 1. The smallest absolute Gasteiger partial charge is 0.277 e. The summed E-state index contributed by atoms with van der Waals surface area (Å²) in [6.45, 7) is 0. The standard InChI is InChI=1S/C24H15ClN4O3/c25-17-12-10-16(11-13-17)22-27-24(32-29-22)18-8-4-5-9-19(18)26-23(30)20-14-21(31-28-20)15-6-2-1-3-7-15/h1-14H,(H,26,30). The average molecular weight is 443 g/mol. The highest BCUT2D eigenvalue weighted by Crippen LogP contribution is 2.29. The molecule has 3 aromatic carbocycles. The molecule has 5 aromatic rings. The first-order valence-electron chi connectivity index (χ1n) is 9.70. The molecule has 0 spiro atoms. The SMILES string of the molecule is O=C(Nc1ccccc1-c1nc(-c2ccc(Cl)cc2)no1)c1cc(-c2ccccc2)on1. The molecule has 0 aliphatic carbocycles. The molecule has 1 amide bonds. The van der Waals surface area contributed by atoms with Gasteiger partial charge in [-0.25, -0.2) is 0 Å². The molecular formula is C24H15ClN4O3. The highest BCUT2D eigenvalue weighted by Gasteiger charge is 2.18. The molecule has 156 valence electrons. The monoisotopic (exact) mass is 442 g/mol. The van der Waals surface area contributed by atoms with Gasteiger partial charge in [0, 0.05) is 22.2 Å². The number of anilines is 1. The van der Waals surface area contributed by atoms with Gasteiger partial charge >= 0.3 is 0 Å². The van der Waals surface area contributed by atoms with Crippen molar-refractivity contribution in [2.45, 2.75) is 0 Å². The molecule has 1 N–H and O–H groups in total. The van der Waals surface area contributed by atoms with E-state index in [9.17, 15) is 4.79 Å². The third-order valence-electron chi connectivity index (χ3n) is 4.74. The normalized spacial score (nSPS) is 10.8. The summed E-state index contributed by atoms with van der Waals surface area (Å²) in [6, 6.07) is 25.3. The predicted molar refractivity (Wildman–Crippen MR) is 120 cm³/mol. The first-order chi connectivity index (χ1) is 15.7. The summed E-state index contributed by atoms with van der Waals surface area (Å²) in [6.07, 6.45) is 0. The Kier molecular flexibility index (Phi) is 5.23. The largest absolute Gasteiger partial charge is 0.355 e. The fourth-order valence-electron chi connectivity index (χ4n) is 3.13. The lowest BCUT2D eigenvalue weighted by Crippen LogP contribution is -2.12. The molecule has 0 saturated carbocycles. The Hall–Kier alpha value is -4.23. The van der Waals surface area contributed by atoms with Crippen molar-refractivity contribution in [3.63, 3.8) is 0 Å². The molecule has 0 saturated heterocycles. The molecule has 0 aliphatic heterocycles. The lowest BCUT2D eigenvalue weighted by molar-refractivity contribution is 0.101. The van der Waals surface area contributed by atoms with Crippen LogP contribution in [-0.2, 0) is 0 Å². The average Bonchev–Trinajstić information content (AvgIpc) is 3.51. The van der Waals surface area contributed by atoms with Crippen LogP contribution in [0.4, 0.5) is 5.69 Å². The third-order valence-corrected chi connectivity index (χ3v) is 4.99. The van der Waals surface area contributed by atoms with Crippen molar-refractivity contribution in [1.82, 2.24) is 15.3 Å². The maximum atomic E-state index is 12.8. The number of rotatable bonds is 5. The molecule has 5 rings (SSSR count). The molecule has 7 nitrogen and oxygen atoms in total. The van der Waals surface area contributed by atoms with Crippen LogP contribution in [0.1, 0.15) is 10.5 Å². The van der Waals surface area contributed by atoms with Gasteiger partial charge in [-0.2, -0.15) is 4.98 Å². The maximum Gasteiger partial charge on any atom is 0.277 e. The Morgan fingerprint density at radius 1 is 0.812 bits per heavy atom. The Morgan fingerprint density at radius 3 is 2.38 bits per heavy atom. The van der Waals surface area contributed by atoms with Crippen molar-refractivity contribution in [3.8, 4) is 34.2 Å². The fourth-order valence-corrected chi connectivity index (χ4v) is 3.26. The first-order valence-corrected chi connectivity index (χ1v) is 10.1. The summed E-state index contributed by atoms with van der Waals surface area (Å²) in [4.78, 5) is 17.2. The van der Waals surface area contributed by atoms with Crippen LogP contribution in [0.25, 0.3) is 34.2 Å². The highest BCUT2D eigenvalue weighted by molar-refractivity contribution is 6.30. The number of aromatic nitrogens is 3. The van der Waals surface area contributed by atoms with Crippen molar-refractivity contribution < 1.29 is 13.8 Å². The van der Waals surface area contributed by atoms with E-state index in [0.29, 0.717) is 27.9 Å². The van der Waals surface area contributed by atoms with Gasteiger partial charge in [0.25, 0.3) is 11.8 Å². The quantitative estimate of drug-likeness (QED) is 0.360. The predicted octanol–water partition coefficient (Wildman–Crippen LogP) is 5.96. The van der Waals surface area contributed by atoms with Gasteiger partial charge in [0.1, 0.15) is 0 Å². The van der Waals surface area contributed by atoms with E-state index in [1.165, 1.54) is 0 Å². The Balaban J connectivity index is 1.39. The molecule has 0 fully saturated rings. The highest BCUT2D eigenvalue weighted by atomic mass is 35.5. The van der Waals surface area contributed by atoms with Gasteiger partial charge in [-0.05, 0) is 36.4 Å². The summed E-state index contributed by atoms with van der Waals surface area (Å²) in [5.74, 6) is 0.784. The van der Waals surface area contributed by atoms with Gasteiger partial charge in [-0.15, -0.1) is 0 Å². The van der Waals surface area contributed by atoms with Crippen LogP contribution in [-0.4, -0.2) is 21.2 Å². The molecule has 8 heteroatoms.